The summed E-state index contributed by atoms with van der Waals surface area (Å²) in [5, 5.41) is 6.99. The topological polar surface area (TPSA) is 118 Å². The second-order valence-electron chi connectivity index (χ2n) is 7.51. The van der Waals surface area contributed by atoms with Gasteiger partial charge in [-0.25, -0.2) is 12.7 Å². The Balaban J connectivity index is 1.42. The van der Waals surface area contributed by atoms with Crippen LogP contribution >= 0.6 is 0 Å². The summed E-state index contributed by atoms with van der Waals surface area (Å²) in [7, 11) is -3.22. The van der Waals surface area contributed by atoms with Crippen molar-refractivity contribution in [3.8, 4) is 11.4 Å². The predicted molar refractivity (Wildman–Crippen MR) is 115 cm³/mol. The van der Waals surface area contributed by atoms with Gasteiger partial charge in [0.2, 0.25) is 27.6 Å². The van der Waals surface area contributed by atoms with Crippen molar-refractivity contribution >= 4 is 21.6 Å². The maximum Gasteiger partial charge on any atom is 0.231 e. The second-order valence-corrected chi connectivity index (χ2v) is 9.50. The number of sulfonamides is 1. The van der Waals surface area contributed by atoms with E-state index in [1.165, 1.54) is 10.6 Å². The van der Waals surface area contributed by atoms with E-state index in [0.717, 1.165) is 11.1 Å². The number of rotatable bonds is 6. The summed E-state index contributed by atoms with van der Waals surface area (Å²) in [6.45, 7) is 0.718. The van der Waals surface area contributed by atoms with Gasteiger partial charge in [-0.3, -0.25) is 9.78 Å². The molecule has 0 unspecified atom stereocenters. The third-order valence-electron chi connectivity index (χ3n) is 5.30. The first kappa shape index (κ1) is 21.1. The Labute approximate surface area is 180 Å². The lowest BCUT2D eigenvalue weighted by atomic mass is 9.97. The SMILES string of the molecule is CS(=O)(=O)N1CCC(C(=O)Nc2ccccc2Cc2nc(-c3cccnc3)no2)CC1. The summed E-state index contributed by atoms with van der Waals surface area (Å²) >= 11 is 0. The summed E-state index contributed by atoms with van der Waals surface area (Å²) in [6, 6.07) is 11.1. The minimum absolute atomic E-state index is 0.109. The minimum Gasteiger partial charge on any atom is -0.339 e. The number of para-hydroxylation sites is 1. The predicted octanol–water partition coefficient (Wildman–Crippen LogP) is 2.33. The van der Waals surface area contributed by atoms with Crippen LogP contribution in [0.4, 0.5) is 5.69 Å². The van der Waals surface area contributed by atoms with Gasteiger partial charge in [-0.1, -0.05) is 23.4 Å². The number of benzene rings is 1. The lowest BCUT2D eigenvalue weighted by Gasteiger charge is -2.29. The minimum atomic E-state index is -3.22. The molecule has 3 aromatic rings. The van der Waals surface area contributed by atoms with Crippen molar-refractivity contribution in [2.75, 3.05) is 24.7 Å². The molecule has 0 spiro atoms. The zero-order chi connectivity index (χ0) is 21.8. The van der Waals surface area contributed by atoms with Crippen LogP contribution in [0.15, 0.2) is 53.3 Å². The van der Waals surface area contributed by atoms with Crippen LogP contribution in [-0.2, 0) is 21.2 Å². The lowest BCUT2D eigenvalue weighted by Crippen LogP contribution is -2.40. The number of piperidine rings is 1. The highest BCUT2D eigenvalue weighted by Gasteiger charge is 2.29. The highest BCUT2D eigenvalue weighted by Crippen LogP contribution is 2.24. The number of anilines is 1. The van der Waals surface area contributed by atoms with Crippen LogP contribution in [0.1, 0.15) is 24.3 Å². The van der Waals surface area contributed by atoms with E-state index in [0.29, 0.717) is 49.8 Å². The van der Waals surface area contributed by atoms with Crippen molar-refractivity contribution in [2.45, 2.75) is 19.3 Å². The molecule has 0 saturated carbocycles. The Morgan fingerprint density at radius 2 is 1.97 bits per heavy atom. The normalized spacial score (nSPS) is 15.6. The Morgan fingerprint density at radius 1 is 1.19 bits per heavy atom. The van der Waals surface area contributed by atoms with E-state index in [2.05, 4.69) is 20.4 Å². The molecule has 1 aliphatic rings. The number of carbonyl (C=O) groups excluding carboxylic acids is 1. The Kier molecular flexibility index (Phi) is 6.10. The van der Waals surface area contributed by atoms with Crippen molar-refractivity contribution < 1.29 is 17.7 Å². The summed E-state index contributed by atoms with van der Waals surface area (Å²) in [6.07, 6.45) is 5.90. The van der Waals surface area contributed by atoms with Gasteiger partial charge in [-0.15, -0.1) is 0 Å². The van der Waals surface area contributed by atoms with Gasteiger partial charge < -0.3 is 9.84 Å². The van der Waals surface area contributed by atoms with Crippen molar-refractivity contribution in [2.24, 2.45) is 5.92 Å². The number of nitrogens with zero attached hydrogens (tertiary/aromatic N) is 4. The summed E-state index contributed by atoms with van der Waals surface area (Å²) in [5.41, 5.74) is 2.30. The highest BCUT2D eigenvalue weighted by atomic mass is 32.2. The number of pyridine rings is 1. The molecule has 1 N–H and O–H groups in total. The standard InChI is InChI=1S/C21H23N5O4S/c1-31(28,29)26-11-8-15(9-12-26)21(27)23-18-7-3-2-5-16(18)13-19-24-20(25-30-19)17-6-4-10-22-14-17/h2-7,10,14-15H,8-9,11-13H2,1H3,(H,23,27). The van der Waals surface area contributed by atoms with Gasteiger partial charge in [0.25, 0.3) is 0 Å². The zero-order valence-corrected chi connectivity index (χ0v) is 17.9. The summed E-state index contributed by atoms with van der Waals surface area (Å²) in [4.78, 5) is 21.3. The number of hydrogen-bond acceptors (Lipinski definition) is 7. The van der Waals surface area contributed by atoms with Crippen LogP contribution in [0, 0.1) is 5.92 Å². The van der Waals surface area contributed by atoms with Crippen LogP contribution in [0.3, 0.4) is 0 Å². The van der Waals surface area contributed by atoms with Crippen molar-refractivity contribution in [1.82, 2.24) is 19.4 Å². The Hall–Kier alpha value is -3.11. The molecule has 1 aromatic carbocycles. The van der Waals surface area contributed by atoms with Crippen LogP contribution < -0.4 is 5.32 Å². The van der Waals surface area contributed by atoms with Crippen LogP contribution in [0.2, 0.25) is 0 Å². The van der Waals surface area contributed by atoms with Crippen molar-refractivity contribution in [3.63, 3.8) is 0 Å². The van der Waals surface area contributed by atoms with Crippen molar-refractivity contribution in [3.05, 3.63) is 60.2 Å². The van der Waals surface area contributed by atoms with Crippen LogP contribution in [0.5, 0.6) is 0 Å². The Morgan fingerprint density at radius 3 is 2.68 bits per heavy atom. The van der Waals surface area contributed by atoms with E-state index in [-0.39, 0.29) is 11.8 Å². The molecule has 0 radical (unpaired) electrons. The Bertz CT molecular complexity index is 1160. The average molecular weight is 442 g/mol. The summed E-state index contributed by atoms with van der Waals surface area (Å²) in [5.74, 6) is 0.554. The second kappa shape index (κ2) is 8.94. The first-order valence-corrected chi connectivity index (χ1v) is 11.8. The van der Waals surface area contributed by atoms with E-state index in [4.69, 9.17) is 4.52 Å². The van der Waals surface area contributed by atoms with E-state index >= 15 is 0 Å². The number of amides is 1. The van der Waals surface area contributed by atoms with Gasteiger partial charge in [-0.05, 0) is 36.6 Å². The molecule has 0 bridgehead atoms. The molecule has 0 aliphatic carbocycles. The lowest BCUT2D eigenvalue weighted by molar-refractivity contribution is -0.120. The molecule has 9 nitrogen and oxygen atoms in total. The molecule has 4 rings (SSSR count). The van der Waals surface area contributed by atoms with E-state index in [9.17, 15) is 13.2 Å². The summed E-state index contributed by atoms with van der Waals surface area (Å²) < 4.78 is 30.1. The molecule has 31 heavy (non-hydrogen) atoms. The van der Waals surface area contributed by atoms with E-state index in [1.54, 1.807) is 18.5 Å². The first-order chi connectivity index (χ1) is 14.9. The van der Waals surface area contributed by atoms with Crippen LogP contribution in [-0.4, -0.2) is 53.1 Å². The van der Waals surface area contributed by atoms with E-state index < -0.39 is 10.0 Å². The molecule has 1 fully saturated rings. The fraction of sp³-hybridized carbons (Fsp3) is 0.333. The van der Waals surface area contributed by atoms with Gasteiger partial charge >= 0.3 is 0 Å². The molecule has 1 aliphatic heterocycles. The van der Waals surface area contributed by atoms with Crippen molar-refractivity contribution in [1.29, 1.82) is 0 Å². The molecule has 10 heteroatoms. The molecule has 1 amide bonds. The molecule has 0 atom stereocenters. The maximum atomic E-state index is 12.8. The zero-order valence-electron chi connectivity index (χ0n) is 17.1. The number of carbonyl (C=O) groups is 1. The first-order valence-electron chi connectivity index (χ1n) is 9.97. The molecular weight excluding hydrogens is 418 g/mol. The highest BCUT2D eigenvalue weighted by molar-refractivity contribution is 7.88. The quantitative estimate of drug-likeness (QED) is 0.624. The third-order valence-corrected chi connectivity index (χ3v) is 6.60. The smallest absolute Gasteiger partial charge is 0.231 e. The number of aromatic nitrogens is 3. The number of nitrogens with one attached hydrogen (secondary N) is 1. The molecule has 162 valence electrons. The molecule has 1 saturated heterocycles. The largest absolute Gasteiger partial charge is 0.339 e. The van der Waals surface area contributed by atoms with E-state index in [1.807, 2.05) is 30.3 Å². The average Bonchev–Trinajstić information content (AvgIpc) is 3.24. The van der Waals surface area contributed by atoms with Gasteiger partial charge in [-0.2, -0.15) is 4.98 Å². The third kappa shape index (κ3) is 5.15. The molecular formula is C21H23N5O4S. The number of hydrogen-bond donors (Lipinski definition) is 1. The maximum absolute atomic E-state index is 12.8. The fourth-order valence-corrected chi connectivity index (χ4v) is 4.46. The van der Waals surface area contributed by atoms with Gasteiger partial charge in [0.1, 0.15) is 0 Å². The van der Waals surface area contributed by atoms with Gasteiger partial charge in [0.05, 0.1) is 12.7 Å². The molecule has 3 heterocycles. The monoisotopic (exact) mass is 441 g/mol. The fourth-order valence-electron chi connectivity index (χ4n) is 3.58. The van der Waals surface area contributed by atoms with Crippen LogP contribution in [0.25, 0.3) is 11.4 Å². The van der Waals surface area contributed by atoms with Gasteiger partial charge in [0.15, 0.2) is 0 Å². The van der Waals surface area contributed by atoms with Gasteiger partial charge in [0, 0.05) is 42.7 Å². The molecule has 2 aromatic heterocycles.